The van der Waals surface area contributed by atoms with Gasteiger partial charge in [0, 0.05) is 11.8 Å². The first-order chi connectivity index (χ1) is 8.45. The summed E-state index contributed by atoms with van der Waals surface area (Å²) in [5.74, 6) is 0. The number of aromatic nitrogens is 2. The number of aliphatic hydroxyl groups is 2. The van der Waals surface area contributed by atoms with Crippen LogP contribution in [0.5, 0.6) is 0 Å². The highest BCUT2D eigenvalue weighted by atomic mass is 18.2. The summed E-state index contributed by atoms with van der Waals surface area (Å²) < 4.78 is 19.7. The largest absolute Gasteiger partial charge is 0.394 e. The van der Waals surface area contributed by atoms with Crippen molar-refractivity contribution in [3.05, 3.63) is 32.6 Å². The van der Waals surface area contributed by atoms with Crippen LogP contribution in [0.2, 0.25) is 0 Å². The molecule has 1 saturated heterocycles. The van der Waals surface area contributed by atoms with Gasteiger partial charge in [-0.1, -0.05) is 0 Å². The van der Waals surface area contributed by atoms with Crippen LogP contribution in [-0.4, -0.2) is 44.8 Å². The molecular formula is C10H13FN2O5. The Morgan fingerprint density at radius 3 is 2.78 bits per heavy atom. The number of aromatic amines is 1. The molecule has 18 heavy (non-hydrogen) atoms. The lowest BCUT2D eigenvalue weighted by Crippen LogP contribution is -2.36. The van der Waals surface area contributed by atoms with E-state index in [0.29, 0.717) is 0 Å². The second-order valence-electron chi connectivity index (χ2n) is 4.16. The van der Waals surface area contributed by atoms with E-state index in [0.717, 1.165) is 10.8 Å². The second-order valence-corrected chi connectivity index (χ2v) is 4.16. The quantitative estimate of drug-likeness (QED) is 0.595. The summed E-state index contributed by atoms with van der Waals surface area (Å²) in [6, 6.07) is 0. The van der Waals surface area contributed by atoms with Gasteiger partial charge < -0.3 is 14.9 Å². The number of H-pyrrole nitrogens is 1. The lowest BCUT2D eigenvalue weighted by atomic mass is 10.1. The Morgan fingerprint density at radius 1 is 1.56 bits per heavy atom. The first-order valence-corrected chi connectivity index (χ1v) is 5.36. The van der Waals surface area contributed by atoms with E-state index in [-0.39, 0.29) is 5.56 Å². The monoisotopic (exact) mass is 259 g/mol. The lowest BCUT2D eigenvalue weighted by Gasteiger charge is -2.15. The van der Waals surface area contributed by atoms with Crippen LogP contribution in [0.15, 0.2) is 15.8 Å². The third kappa shape index (κ3) is 1.98. The number of ether oxygens (including phenoxy) is 1. The van der Waals surface area contributed by atoms with E-state index in [1.807, 2.05) is 4.98 Å². The number of nitrogens with one attached hydrogen (secondary N) is 1. The SMILES string of the molecule is Cc1cn(C2OC(CO)C(O)C2[18F])c(=O)[nH]c1=O. The fourth-order valence-corrected chi connectivity index (χ4v) is 1.85. The molecule has 0 amide bonds. The molecule has 0 spiro atoms. The molecule has 100 valence electrons. The van der Waals surface area contributed by atoms with Crippen molar-refractivity contribution in [2.45, 2.75) is 31.5 Å². The van der Waals surface area contributed by atoms with Crippen molar-refractivity contribution >= 4 is 0 Å². The van der Waals surface area contributed by atoms with Gasteiger partial charge in [-0.3, -0.25) is 14.3 Å². The van der Waals surface area contributed by atoms with E-state index in [4.69, 9.17) is 9.84 Å². The molecule has 8 heteroatoms. The summed E-state index contributed by atoms with van der Waals surface area (Å²) in [6.07, 6.45) is -4.67. The molecule has 1 aromatic rings. The standard InChI is InChI=1S/C10H13FN2O5/c1-4-2-13(10(17)12-8(4)16)9-6(11)7(15)5(3-14)18-9/h2,5-7,9,14-15H,3H2,1H3,(H,12,16,17)/i11-1. The minimum atomic E-state index is -1.86. The van der Waals surface area contributed by atoms with E-state index in [1.165, 1.54) is 6.92 Å². The Kier molecular flexibility index (Phi) is 3.33. The zero-order chi connectivity index (χ0) is 13.4. The van der Waals surface area contributed by atoms with Crippen molar-refractivity contribution in [1.29, 1.82) is 0 Å². The first kappa shape index (κ1) is 12.9. The molecule has 2 rings (SSSR count). The maximum Gasteiger partial charge on any atom is 0.330 e. The molecule has 1 fully saturated rings. The van der Waals surface area contributed by atoms with Crippen molar-refractivity contribution in [2.24, 2.45) is 0 Å². The number of aliphatic hydroxyl groups excluding tert-OH is 2. The van der Waals surface area contributed by atoms with Crippen LogP contribution in [-0.2, 0) is 4.74 Å². The van der Waals surface area contributed by atoms with Crippen molar-refractivity contribution in [3.63, 3.8) is 0 Å². The minimum absolute atomic E-state index is 0.215. The summed E-state index contributed by atoms with van der Waals surface area (Å²) in [5.41, 5.74) is -1.18. The molecule has 2 heterocycles. The predicted octanol–water partition coefficient (Wildman–Crippen LogP) is -1.57. The normalized spacial score (nSPS) is 31.8. The van der Waals surface area contributed by atoms with Crippen molar-refractivity contribution < 1.29 is 19.3 Å². The molecule has 1 aromatic heterocycles. The fourth-order valence-electron chi connectivity index (χ4n) is 1.85. The number of aryl methyl sites for hydroxylation is 1. The predicted molar refractivity (Wildman–Crippen MR) is 58.0 cm³/mol. The summed E-state index contributed by atoms with van der Waals surface area (Å²) in [5, 5.41) is 18.3. The van der Waals surface area contributed by atoms with Gasteiger partial charge in [0.2, 0.25) is 0 Å². The molecule has 0 aliphatic carbocycles. The lowest BCUT2D eigenvalue weighted by molar-refractivity contribution is -0.0492. The summed E-state index contributed by atoms with van der Waals surface area (Å²) in [4.78, 5) is 24.7. The average molecular weight is 259 g/mol. The van der Waals surface area contributed by atoms with Crippen molar-refractivity contribution in [1.82, 2.24) is 9.55 Å². The number of halogens is 1. The highest BCUT2D eigenvalue weighted by molar-refractivity contribution is 5.03. The van der Waals surface area contributed by atoms with Crippen LogP contribution >= 0.6 is 0 Å². The van der Waals surface area contributed by atoms with Crippen molar-refractivity contribution in [3.8, 4) is 0 Å². The van der Waals surface area contributed by atoms with E-state index in [2.05, 4.69) is 0 Å². The van der Waals surface area contributed by atoms with E-state index < -0.39 is 42.5 Å². The Bertz CT molecular complexity index is 554. The molecule has 4 atom stereocenters. The zero-order valence-corrected chi connectivity index (χ0v) is 9.54. The number of alkyl halides is 1. The van der Waals surface area contributed by atoms with Crippen LogP contribution in [0.3, 0.4) is 0 Å². The van der Waals surface area contributed by atoms with Gasteiger partial charge in [-0.2, -0.15) is 0 Å². The van der Waals surface area contributed by atoms with Crippen LogP contribution in [0.4, 0.5) is 4.39 Å². The van der Waals surface area contributed by atoms with Gasteiger partial charge in [0.25, 0.3) is 5.56 Å². The smallest absolute Gasteiger partial charge is 0.330 e. The molecule has 0 aromatic carbocycles. The molecule has 0 saturated carbocycles. The molecule has 1 aliphatic heterocycles. The Labute approximate surface area is 100 Å². The maximum atomic E-state index is 13.8. The summed E-state index contributed by atoms with van der Waals surface area (Å²) in [7, 11) is 0. The Hall–Kier alpha value is -1.51. The molecule has 3 N–H and O–H groups in total. The van der Waals surface area contributed by atoms with Crippen LogP contribution in [0.25, 0.3) is 0 Å². The van der Waals surface area contributed by atoms with E-state index in [1.54, 1.807) is 0 Å². The molecule has 0 radical (unpaired) electrons. The minimum Gasteiger partial charge on any atom is -0.394 e. The molecule has 7 nitrogen and oxygen atoms in total. The van der Waals surface area contributed by atoms with Crippen LogP contribution in [0, 0.1) is 6.92 Å². The fraction of sp³-hybridized carbons (Fsp3) is 0.600. The van der Waals surface area contributed by atoms with Gasteiger partial charge in [0.1, 0.15) is 12.2 Å². The van der Waals surface area contributed by atoms with E-state index in [9.17, 15) is 19.1 Å². The molecular weight excluding hydrogens is 246 g/mol. The summed E-state index contributed by atoms with van der Waals surface area (Å²) in [6.45, 7) is 0.895. The highest BCUT2D eigenvalue weighted by Crippen LogP contribution is 2.30. The van der Waals surface area contributed by atoms with Gasteiger partial charge in [-0.25, -0.2) is 9.18 Å². The van der Waals surface area contributed by atoms with Crippen LogP contribution in [0.1, 0.15) is 11.8 Å². The number of hydrogen-bond donors (Lipinski definition) is 3. The van der Waals surface area contributed by atoms with Crippen molar-refractivity contribution in [2.75, 3.05) is 6.61 Å². The third-order valence-electron chi connectivity index (χ3n) is 2.89. The molecule has 0 bridgehead atoms. The topological polar surface area (TPSA) is 105 Å². The van der Waals surface area contributed by atoms with E-state index >= 15 is 0 Å². The number of nitrogens with zero attached hydrogens (tertiary/aromatic N) is 1. The third-order valence-corrected chi connectivity index (χ3v) is 2.89. The molecule has 4 unspecified atom stereocenters. The second kappa shape index (κ2) is 4.63. The van der Waals surface area contributed by atoms with Gasteiger partial charge in [0.15, 0.2) is 12.4 Å². The number of rotatable bonds is 2. The van der Waals surface area contributed by atoms with Gasteiger partial charge in [-0.15, -0.1) is 0 Å². The van der Waals surface area contributed by atoms with Gasteiger partial charge in [-0.05, 0) is 6.92 Å². The Balaban J connectivity index is 2.42. The Morgan fingerprint density at radius 2 is 2.22 bits per heavy atom. The van der Waals surface area contributed by atoms with Crippen LogP contribution < -0.4 is 11.2 Å². The molecule has 1 aliphatic rings. The first-order valence-electron chi connectivity index (χ1n) is 5.36. The highest BCUT2D eigenvalue weighted by Gasteiger charge is 2.45. The summed E-state index contributed by atoms with van der Waals surface area (Å²) >= 11 is 0. The number of hydrogen-bond acceptors (Lipinski definition) is 5. The van der Waals surface area contributed by atoms with Gasteiger partial charge in [0.05, 0.1) is 6.61 Å². The maximum absolute atomic E-state index is 13.8. The average Bonchev–Trinajstić information content (AvgIpc) is 2.61. The zero-order valence-electron chi connectivity index (χ0n) is 9.54. The van der Waals surface area contributed by atoms with Gasteiger partial charge >= 0.3 is 5.69 Å².